The topological polar surface area (TPSA) is 15.3 Å². The Kier molecular flexibility index (Phi) is 5.66. The minimum absolute atomic E-state index is 0.543. The molecule has 0 aliphatic carbocycles. The number of nitrogens with one attached hydrogen (secondary N) is 1. The van der Waals surface area contributed by atoms with Crippen molar-refractivity contribution in [3.8, 4) is 0 Å². The average molecular weight is 234 g/mol. The van der Waals surface area contributed by atoms with Gasteiger partial charge < -0.3 is 5.32 Å². The fourth-order valence-corrected chi connectivity index (χ4v) is 1.56. The predicted molar refractivity (Wildman–Crippen MR) is 75.0 cm³/mol. The molecule has 2 nitrogen and oxygen atoms in total. The second-order valence-corrected chi connectivity index (χ2v) is 5.36. The zero-order chi connectivity index (χ0) is 12.8. The Balaban J connectivity index is 2.50. The van der Waals surface area contributed by atoms with Gasteiger partial charge in [-0.2, -0.15) is 0 Å². The summed E-state index contributed by atoms with van der Waals surface area (Å²) >= 11 is 0. The van der Waals surface area contributed by atoms with E-state index in [0.29, 0.717) is 12.1 Å². The molecule has 0 radical (unpaired) electrons. The average Bonchev–Trinajstić information content (AvgIpc) is 2.28. The molecular weight excluding hydrogens is 208 g/mol. The Bertz CT molecular complexity index is 314. The first-order chi connectivity index (χ1) is 7.99. The zero-order valence-corrected chi connectivity index (χ0v) is 11.8. The monoisotopic (exact) mass is 234 g/mol. The van der Waals surface area contributed by atoms with Gasteiger partial charge in [0.2, 0.25) is 0 Å². The highest BCUT2D eigenvalue weighted by molar-refractivity contribution is 5.22. The molecule has 0 heterocycles. The van der Waals surface area contributed by atoms with E-state index >= 15 is 0 Å². The quantitative estimate of drug-likeness (QED) is 0.814. The van der Waals surface area contributed by atoms with Gasteiger partial charge in [-0.1, -0.05) is 38.1 Å². The van der Waals surface area contributed by atoms with Gasteiger partial charge >= 0.3 is 0 Å². The predicted octanol–water partition coefficient (Wildman–Crippen LogP) is 3.02. The van der Waals surface area contributed by atoms with Crippen LogP contribution in [-0.4, -0.2) is 24.0 Å². The fraction of sp³-hybridized carbons (Fsp3) is 0.600. The van der Waals surface area contributed by atoms with E-state index in [9.17, 15) is 0 Å². The maximum absolute atomic E-state index is 3.43. The molecule has 17 heavy (non-hydrogen) atoms. The van der Waals surface area contributed by atoms with Crippen molar-refractivity contribution in [3.05, 3.63) is 35.4 Å². The summed E-state index contributed by atoms with van der Waals surface area (Å²) in [6.45, 7) is 10.8. The third kappa shape index (κ3) is 5.33. The molecule has 1 N–H and O–H groups in total. The van der Waals surface area contributed by atoms with E-state index in [-0.39, 0.29) is 0 Å². The molecule has 0 bridgehead atoms. The number of rotatable bonds is 6. The summed E-state index contributed by atoms with van der Waals surface area (Å²) in [5, 5.41) is 3.43. The van der Waals surface area contributed by atoms with Crippen LogP contribution in [0.3, 0.4) is 0 Å². The zero-order valence-electron chi connectivity index (χ0n) is 11.8. The van der Waals surface area contributed by atoms with Crippen molar-refractivity contribution in [2.75, 3.05) is 7.05 Å². The highest BCUT2D eigenvalue weighted by Crippen LogP contribution is 2.08. The van der Waals surface area contributed by atoms with E-state index in [2.05, 4.69) is 69.2 Å². The van der Waals surface area contributed by atoms with Crippen molar-refractivity contribution in [2.24, 2.45) is 0 Å². The van der Waals surface area contributed by atoms with Crippen molar-refractivity contribution in [1.82, 2.24) is 10.2 Å². The maximum atomic E-state index is 3.43. The highest BCUT2D eigenvalue weighted by Gasteiger charge is 2.04. The summed E-state index contributed by atoms with van der Waals surface area (Å²) in [5.41, 5.74) is 2.74. The first kappa shape index (κ1) is 14.2. The number of hydrogen-bond donors (Lipinski definition) is 1. The lowest BCUT2D eigenvalue weighted by atomic mass is 10.1. The van der Waals surface area contributed by atoms with Crippen LogP contribution in [0.2, 0.25) is 0 Å². The van der Waals surface area contributed by atoms with E-state index in [1.807, 2.05) is 0 Å². The van der Waals surface area contributed by atoms with Crippen molar-refractivity contribution < 1.29 is 0 Å². The maximum Gasteiger partial charge on any atom is 0.0233 e. The van der Waals surface area contributed by atoms with Gasteiger partial charge in [0.25, 0.3) is 0 Å². The van der Waals surface area contributed by atoms with E-state index < -0.39 is 0 Å². The molecule has 0 spiro atoms. The molecule has 0 fully saturated rings. The summed E-state index contributed by atoms with van der Waals surface area (Å²) < 4.78 is 0. The summed E-state index contributed by atoms with van der Waals surface area (Å²) in [7, 11) is 2.17. The normalized spacial score (nSPS) is 11.8. The molecule has 2 heteroatoms. The lowest BCUT2D eigenvalue weighted by Crippen LogP contribution is -2.25. The van der Waals surface area contributed by atoms with E-state index in [1.165, 1.54) is 11.1 Å². The molecule has 0 atom stereocenters. The lowest BCUT2D eigenvalue weighted by molar-refractivity contribution is 0.266. The van der Waals surface area contributed by atoms with Crippen molar-refractivity contribution >= 4 is 0 Å². The highest BCUT2D eigenvalue weighted by atomic mass is 15.1. The van der Waals surface area contributed by atoms with Crippen LogP contribution < -0.4 is 5.32 Å². The molecule has 1 rings (SSSR count). The largest absolute Gasteiger partial charge is 0.310 e. The third-order valence-electron chi connectivity index (χ3n) is 3.05. The smallest absolute Gasteiger partial charge is 0.0233 e. The standard InChI is InChI=1S/C15H26N2/c1-12(2)16-10-14-6-8-15(9-7-14)11-17(5)13(3)4/h6-9,12-13,16H,10-11H2,1-5H3. The Labute approximate surface area is 106 Å². The van der Waals surface area contributed by atoms with Crippen molar-refractivity contribution in [1.29, 1.82) is 0 Å². The molecule has 1 aromatic rings. The molecule has 0 saturated heterocycles. The van der Waals surface area contributed by atoms with Crippen LogP contribution in [0, 0.1) is 0 Å². The van der Waals surface area contributed by atoms with Gasteiger partial charge in [-0.05, 0) is 32.0 Å². The summed E-state index contributed by atoms with van der Waals surface area (Å²) in [4.78, 5) is 2.35. The first-order valence-electron chi connectivity index (χ1n) is 6.50. The molecule has 0 saturated carbocycles. The Morgan fingerprint density at radius 2 is 1.53 bits per heavy atom. The van der Waals surface area contributed by atoms with Gasteiger partial charge in [-0.25, -0.2) is 0 Å². The SMILES string of the molecule is CC(C)NCc1ccc(CN(C)C(C)C)cc1. The van der Waals surface area contributed by atoms with Gasteiger partial charge in [0.1, 0.15) is 0 Å². The van der Waals surface area contributed by atoms with Crippen LogP contribution in [0.15, 0.2) is 24.3 Å². The molecule has 1 aromatic carbocycles. The lowest BCUT2D eigenvalue weighted by Gasteiger charge is -2.21. The van der Waals surface area contributed by atoms with Gasteiger partial charge in [0.05, 0.1) is 0 Å². The van der Waals surface area contributed by atoms with Gasteiger partial charge in [0, 0.05) is 25.2 Å². The van der Waals surface area contributed by atoms with Crippen LogP contribution in [0.1, 0.15) is 38.8 Å². The summed E-state index contributed by atoms with van der Waals surface area (Å²) in [6.07, 6.45) is 0. The molecule has 0 aromatic heterocycles. The minimum atomic E-state index is 0.543. The molecule has 0 unspecified atom stereocenters. The van der Waals surface area contributed by atoms with Gasteiger partial charge in [0.15, 0.2) is 0 Å². The summed E-state index contributed by atoms with van der Waals surface area (Å²) in [6, 6.07) is 10.0. The number of hydrogen-bond acceptors (Lipinski definition) is 2. The number of nitrogens with zero attached hydrogens (tertiary/aromatic N) is 1. The second-order valence-electron chi connectivity index (χ2n) is 5.36. The van der Waals surface area contributed by atoms with Crippen LogP contribution in [0.4, 0.5) is 0 Å². The van der Waals surface area contributed by atoms with Crippen LogP contribution in [-0.2, 0) is 13.1 Å². The Hall–Kier alpha value is -0.860. The van der Waals surface area contributed by atoms with Crippen LogP contribution in [0.5, 0.6) is 0 Å². The molecule has 0 amide bonds. The van der Waals surface area contributed by atoms with Gasteiger partial charge in [-0.15, -0.1) is 0 Å². The number of benzene rings is 1. The summed E-state index contributed by atoms with van der Waals surface area (Å²) in [5.74, 6) is 0. The first-order valence-corrected chi connectivity index (χ1v) is 6.50. The third-order valence-corrected chi connectivity index (χ3v) is 3.05. The van der Waals surface area contributed by atoms with E-state index in [1.54, 1.807) is 0 Å². The van der Waals surface area contributed by atoms with Gasteiger partial charge in [-0.3, -0.25) is 4.90 Å². The molecule has 96 valence electrons. The van der Waals surface area contributed by atoms with E-state index in [4.69, 9.17) is 0 Å². The van der Waals surface area contributed by atoms with Crippen molar-refractivity contribution in [2.45, 2.75) is 52.9 Å². The van der Waals surface area contributed by atoms with Crippen molar-refractivity contribution in [3.63, 3.8) is 0 Å². The fourth-order valence-electron chi connectivity index (χ4n) is 1.56. The minimum Gasteiger partial charge on any atom is -0.310 e. The molecular formula is C15H26N2. The van der Waals surface area contributed by atoms with Crippen LogP contribution >= 0.6 is 0 Å². The molecule has 0 aliphatic rings. The Morgan fingerprint density at radius 3 is 2.00 bits per heavy atom. The van der Waals surface area contributed by atoms with E-state index in [0.717, 1.165) is 13.1 Å². The molecule has 0 aliphatic heterocycles. The van der Waals surface area contributed by atoms with Crippen LogP contribution in [0.25, 0.3) is 0 Å². The second kappa shape index (κ2) is 6.77. The Morgan fingerprint density at radius 1 is 1.00 bits per heavy atom.